The topological polar surface area (TPSA) is 99.2 Å². The molecule has 2 aromatic carbocycles. The highest BCUT2D eigenvalue weighted by Crippen LogP contribution is 2.37. The van der Waals surface area contributed by atoms with Crippen LogP contribution in [0.15, 0.2) is 53.4 Å². The van der Waals surface area contributed by atoms with Crippen LogP contribution >= 0.6 is 11.6 Å². The van der Waals surface area contributed by atoms with Gasteiger partial charge in [-0.1, -0.05) is 29.8 Å². The normalized spacial score (nSPS) is 14.0. The summed E-state index contributed by atoms with van der Waals surface area (Å²) in [6.45, 7) is 1.87. The third kappa shape index (κ3) is 3.29. The first-order chi connectivity index (χ1) is 12.8. The molecular formula is C18H16ClN5O2S. The fourth-order valence-electron chi connectivity index (χ4n) is 3.04. The lowest BCUT2D eigenvalue weighted by atomic mass is 9.98. The van der Waals surface area contributed by atoms with Crippen molar-refractivity contribution in [2.24, 2.45) is 4.99 Å². The van der Waals surface area contributed by atoms with Crippen LogP contribution in [-0.4, -0.2) is 30.6 Å². The van der Waals surface area contributed by atoms with Crippen molar-refractivity contribution in [3.63, 3.8) is 0 Å². The Balaban J connectivity index is 2.05. The molecule has 1 aromatic heterocycles. The zero-order valence-corrected chi connectivity index (χ0v) is 16.1. The molecule has 1 aliphatic rings. The van der Waals surface area contributed by atoms with Crippen LogP contribution in [0.5, 0.6) is 0 Å². The van der Waals surface area contributed by atoms with E-state index in [1.54, 1.807) is 24.5 Å². The highest BCUT2D eigenvalue weighted by molar-refractivity contribution is 7.92. The number of halogens is 1. The van der Waals surface area contributed by atoms with Gasteiger partial charge in [0.1, 0.15) is 0 Å². The third-order valence-corrected chi connectivity index (χ3v) is 5.05. The van der Waals surface area contributed by atoms with E-state index in [-0.39, 0.29) is 0 Å². The Kier molecular flexibility index (Phi) is 4.16. The summed E-state index contributed by atoms with van der Waals surface area (Å²) in [5.41, 5.74) is 4.63. The lowest BCUT2D eigenvalue weighted by Gasteiger charge is -2.15. The lowest BCUT2D eigenvalue weighted by Crippen LogP contribution is -2.12. The molecule has 0 atom stereocenters. The maximum absolute atomic E-state index is 11.8. The maximum atomic E-state index is 11.8. The number of aromatic amines is 1. The van der Waals surface area contributed by atoms with Crippen LogP contribution in [0.1, 0.15) is 18.1 Å². The van der Waals surface area contributed by atoms with Crippen molar-refractivity contribution in [3.05, 3.63) is 64.6 Å². The molecule has 3 N–H and O–H groups in total. The number of aromatic nitrogens is 2. The van der Waals surface area contributed by atoms with E-state index in [9.17, 15) is 8.42 Å². The molecule has 27 heavy (non-hydrogen) atoms. The summed E-state index contributed by atoms with van der Waals surface area (Å²) in [4.78, 5) is 4.70. The number of allylic oxidation sites excluding steroid dienone is 1. The Hall–Kier alpha value is -2.84. The number of aliphatic imine (C=N–C) groups is 1. The van der Waals surface area contributed by atoms with Gasteiger partial charge in [-0.2, -0.15) is 5.10 Å². The smallest absolute Gasteiger partial charge is 0.229 e. The number of benzene rings is 2. The maximum Gasteiger partial charge on any atom is 0.229 e. The molecule has 0 radical (unpaired) electrons. The Morgan fingerprint density at radius 2 is 1.96 bits per heavy atom. The second-order valence-electron chi connectivity index (χ2n) is 6.25. The van der Waals surface area contributed by atoms with E-state index in [4.69, 9.17) is 16.6 Å². The predicted octanol–water partition coefficient (Wildman–Crippen LogP) is 3.71. The lowest BCUT2D eigenvalue weighted by molar-refractivity contribution is 0.607. The van der Waals surface area contributed by atoms with Crippen molar-refractivity contribution < 1.29 is 8.42 Å². The number of nitrogens with zero attached hydrogens (tertiary/aromatic N) is 2. The van der Waals surface area contributed by atoms with Gasteiger partial charge in [-0.25, -0.2) is 8.42 Å². The minimum atomic E-state index is -3.48. The van der Waals surface area contributed by atoms with Gasteiger partial charge in [-0.3, -0.25) is 14.8 Å². The van der Waals surface area contributed by atoms with E-state index in [1.165, 1.54) is 0 Å². The van der Waals surface area contributed by atoms with Crippen molar-refractivity contribution >= 4 is 49.6 Å². The fraction of sp³-hybridized carbons (Fsp3) is 0.111. The Bertz CT molecular complexity index is 1230. The van der Waals surface area contributed by atoms with Crippen LogP contribution < -0.4 is 10.0 Å². The number of nitrogens with one attached hydrogen (secondary N) is 3. The first-order valence-electron chi connectivity index (χ1n) is 8.08. The Morgan fingerprint density at radius 1 is 1.19 bits per heavy atom. The van der Waals surface area contributed by atoms with Gasteiger partial charge in [-0.05, 0) is 19.1 Å². The van der Waals surface area contributed by atoms with Gasteiger partial charge in [-0.15, -0.1) is 0 Å². The van der Waals surface area contributed by atoms with Gasteiger partial charge in [0.2, 0.25) is 10.0 Å². The molecule has 0 fully saturated rings. The SMILES string of the molecule is CC1=CNc2c(cc(NS(C)(=O)=O)c3[nH]ncc23)C(c2ccccc2Cl)=N1. The minimum Gasteiger partial charge on any atom is -0.359 e. The molecule has 4 rings (SSSR count). The minimum absolute atomic E-state index is 0.393. The van der Waals surface area contributed by atoms with E-state index in [0.717, 1.165) is 34.2 Å². The summed E-state index contributed by atoms with van der Waals surface area (Å²) in [6.07, 6.45) is 4.54. The summed E-state index contributed by atoms with van der Waals surface area (Å²) >= 11 is 6.42. The second-order valence-corrected chi connectivity index (χ2v) is 8.41. The molecule has 0 unspecified atom stereocenters. The summed E-state index contributed by atoms with van der Waals surface area (Å²) in [5, 5.41) is 11.5. The predicted molar refractivity (Wildman–Crippen MR) is 109 cm³/mol. The number of rotatable bonds is 3. The van der Waals surface area contributed by atoms with Gasteiger partial charge in [0.15, 0.2) is 0 Å². The summed E-state index contributed by atoms with van der Waals surface area (Å²) in [5.74, 6) is 0. The number of fused-ring (bicyclic) bond motifs is 3. The van der Waals surface area contributed by atoms with Gasteiger partial charge >= 0.3 is 0 Å². The molecule has 1 aliphatic heterocycles. The van der Waals surface area contributed by atoms with Crippen molar-refractivity contribution in [1.82, 2.24) is 10.2 Å². The van der Waals surface area contributed by atoms with Crippen LogP contribution in [0, 0.1) is 0 Å². The van der Waals surface area contributed by atoms with Crippen LogP contribution in [-0.2, 0) is 10.0 Å². The quantitative estimate of drug-likeness (QED) is 0.622. The highest BCUT2D eigenvalue weighted by Gasteiger charge is 2.22. The molecule has 0 aliphatic carbocycles. The molecular weight excluding hydrogens is 386 g/mol. The van der Waals surface area contributed by atoms with Gasteiger partial charge in [0.25, 0.3) is 0 Å². The Labute approximate surface area is 161 Å². The average Bonchev–Trinajstić information content (AvgIpc) is 3.02. The van der Waals surface area contributed by atoms with Crippen LogP contribution in [0.2, 0.25) is 5.02 Å². The first kappa shape index (κ1) is 17.6. The number of sulfonamides is 1. The molecule has 9 heteroatoms. The highest BCUT2D eigenvalue weighted by atomic mass is 35.5. The molecule has 138 valence electrons. The zero-order chi connectivity index (χ0) is 19.2. The molecule has 3 aromatic rings. The third-order valence-electron chi connectivity index (χ3n) is 4.13. The molecule has 0 bridgehead atoms. The van der Waals surface area contributed by atoms with Crippen LogP contribution in [0.3, 0.4) is 0 Å². The molecule has 0 saturated heterocycles. The Morgan fingerprint density at radius 3 is 2.70 bits per heavy atom. The standard InChI is InChI=1S/C18H16ClN5O2S/c1-10-8-20-16-12(17(22-10)11-5-3-4-6-14(11)19)7-15(24-27(2,25)26)18-13(16)9-21-23-18/h3-9,20,24H,1-2H3,(H,21,23). The van der Waals surface area contributed by atoms with Crippen LogP contribution in [0.4, 0.5) is 11.4 Å². The molecule has 7 nitrogen and oxygen atoms in total. The van der Waals surface area contributed by atoms with Crippen LogP contribution in [0.25, 0.3) is 10.9 Å². The largest absolute Gasteiger partial charge is 0.359 e. The monoisotopic (exact) mass is 401 g/mol. The van der Waals surface area contributed by atoms with E-state index in [2.05, 4.69) is 20.2 Å². The summed E-state index contributed by atoms with van der Waals surface area (Å²) in [7, 11) is -3.48. The summed E-state index contributed by atoms with van der Waals surface area (Å²) in [6, 6.07) is 9.14. The number of anilines is 2. The van der Waals surface area contributed by atoms with E-state index in [0.29, 0.717) is 21.9 Å². The van der Waals surface area contributed by atoms with Gasteiger partial charge in [0.05, 0.1) is 40.8 Å². The molecule has 2 heterocycles. The van der Waals surface area contributed by atoms with Crippen molar-refractivity contribution in [3.8, 4) is 0 Å². The average molecular weight is 402 g/mol. The van der Waals surface area contributed by atoms with E-state index >= 15 is 0 Å². The molecule has 0 saturated carbocycles. The van der Waals surface area contributed by atoms with Crippen molar-refractivity contribution in [1.29, 1.82) is 0 Å². The van der Waals surface area contributed by atoms with Crippen molar-refractivity contribution in [2.45, 2.75) is 6.92 Å². The number of H-pyrrole nitrogens is 1. The fourth-order valence-corrected chi connectivity index (χ4v) is 3.83. The first-order valence-corrected chi connectivity index (χ1v) is 10.4. The number of hydrogen-bond acceptors (Lipinski definition) is 5. The summed E-state index contributed by atoms with van der Waals surface area (Å²) < 4.78 is 26.2. The van der Waals surface area contributed by atoms with Crippen molar-refractivity contribution in [2.75, 3.05) is 16.3 Å². The van der Waals surface area contributed by atoms with Gasteiger partial charge < -0.3 is 5.32 Å². The second kappa shape index (κ2) is 6.40. The molecule has 0 amide bonds. The van der Waals surface area contributed by atoms with E-state index < -0.39 is 10.0 Å². The number of hydrogen-bond donors (Lipinski definition) is 3. The molecule has 0 spiro atoms. The van der Waals surface area contributed by atoms with Gasteiger partial charge in [0, 0.05) is 27.7 Å². The zero-order valence-electron chi connectivity index (χ0n) is 14.5. The van der Waals surface area contributed by atoms with E-state index in [1.807, 2.05) is 25.1 Å².